The number of amides is 1. The number of rotatable bonds is 1. The second kappa shape index (κ2) is 5.39. The van der Waals surface area contributed by atoms with Crippen LogP contribution >= 0.6 is 46.4 Å². The largest absolute Gasteiger partial charge is 0.494 e. The minimum absolute atomic E-state index is 0.00460. The fourth-order valence-corrected chi connectivity index (χ4v) is 3.84. The topological polar surface area (TPSA) is 65.4 Å². The maximum absolute atomic E-state index is 12.3. The third-order valence-electron chi connectivity index (χ3n) is 3.85. The molecule has 1 aliphatic heterocycles. The molecular weight excluding hydrogens is 394 g/mol. The fourth-order valence-electron chi connectivity index (χ4n) is 2.82. The first-order valence-electron chi connectivity index (χ1n) is 6.71. The van der Waals surface area contributed by atoms with Crippen LogP contribution in [0.2, 0.25) is 20.1 Å². The Kier molecular flexibility index (Phi) is 3.55. The summed E-state index contributed by atoms with van der Waals surface area (Å²) in [5.74, 6) is -0.719. The summed E-state index contributed by atoms with van der Waals surface area (Å²) in [7, 11) is 0. The van der Waals surface area contributed by atoms with Gasteiger partial charge in [0.2, 0.25) is 0 Å². The highest BCUT2D eigenvalue weighted by Gasteiger charge is 2.35. The summed E-state index contributed by atoms with van der Waals surface area (Å²) < 4.78 is 0. The molecule has 2 heterocycles. The number of H-pyrrole nitrogens is 1. The molecule has 2 N–H and O–H groups in total. The molecule has 0 radical (unpaired) electrons. The molecule has 0 atom stereocenters. The predicted octanol–water partition coefficient (Wildman–Crippen LogP) is 5.48. The number of nitrogens with zero attached hydrogens (tertiary/aromatic N) is 1. The van der Waals surface area contributed by atoms with Crippen molar-refractivity contribution in [1.82, 2.24) is 4.98 Å². The summed E-state index contributed by atoms with van der Waals surface area (Å²) in [6, 6.07) is 7.21. The fraction of sp³-hybridized carbons (Fsp3) is 0. The van der Waals surface area contributed by atoms with Gasteiger partial charge in [0.1, 0.15) is 0 Å². The maximum Gasteiger partial charge on any atom is 0.279 e. The number of carbonyl (C=O) groups is 1. The number of nitrogens with one attached hydrogen (secondary N) is 1. The van der Waals surface area contributed by atoms with Crippen LogP contribution in [0.5, 0.6) is 5.88 Å². The number of para-hydroxylation sites is 1. The minimum Gasteiger partial charge on any atom is -0.494 e. The van der Waals surface area contributed by atoms with Gasteiger partial charge >= 0.3 is 0 Å². The lowest BCUT2D eigenvalue weighted by Crippen LogP contribution is -2.03. The molecule has 1 aromatic heterocycles. The lowest BCUT2D eigenvalue weighted by Gasteiger charge is -2.10. The molecule has 1 aliphatic rings. The average Bonchev–Trinajstić information content (AvgIpc) is 3.06. The summed E-state index contributed by atoms with van der Waals surface area (Å²) in [5.41, 5.74) is 1.59. The van der Waals surface area contributed by atoms with Crippen molar-refractivity contribution >= 4 is 68.9 Å². The van der Waals surface area contributed by atoms with E-state index >= 15 is 0 Å². The highest BCUT2D eigenvalue weighted by molar-refractivity contribution is 6.55. The molecule has 0 saturated carbocycles. The molecule has 120 valence electrons. The highest BCUT2D eigenvalue weighted by atomic mass is 35.5. The van der Waals surface area contributed by atoms with Crippen molar-refractivity contribution in [2.24, 2.45) is 4.99 Å². The van der Waals surface area contributed by atoms with E-state index in [1.807, 2.05) is 6.07 Å². The Morgan fingerprint density at radius 1 is 0.875 bits per heavy atom. The molecule has 4 rings (SSSR count). The molecule has 1 amide bonds. The van der Waals surface area contributed by atoms with E-state index in [1.54, 1.807) is 18.2 Å². The zero-order valence-electron chi connectivity index (χ0n) is 11.6. The van der Waals surface area contributed by atoms with Crippen LogP contribution in [0.4, 0.5) is 0 Å². The van der Waals surface area contributed by atoms with Crippen LogP contribution in [0.3, 0.4) is 0 Å². The van der Waals surface area contributed by atoms with Gasteiger partial charge in [-0.25, -0.2) is 4.99 Å². The van der Waals surface area contributed by atoms with Crippen molar-refractivity contribution in [3.05, 3.63) is 61.0 Å². The van der Waals surface area contributed by atoms with Gasteiger partial charge in [-0.3, -0.25) is 4.79 Å². The van der Waals surface area contributed by atoms with Gasteiger partial charge in [0.15, 0.2) is 5.88 Å². The van der Waals surface area contributed by atoms with Crippen molar-refractivity contribution < 1.29 is 9.90 Å². The summed E-state index contributed by atoms with van der Waals surface area (Å²) in [5, 5.41) is 11.1. The Balaban J connectivity index is 2.10. The first-order chi connectivity index (χ1) is 11.4. The Morgan fingerprint density at radius 2 is 1.50 bits per heavy atom. The van der Waals surface area contributed by atoms with Crippen LogP contribution in [-0.4, -0.2) is 21.7 Å². The van der Waals surface area contributed by atoms with Crippen molar-refractivity contribution in [3.8, 4) is 5.88 Å². The van der Waals surface area contributed by atoms with Gasteiger partial charge in [-0.1, -0.05) is 64.6 Å². The molecule has 0 unspecified atom stereocenters. The number of halogens is 4. The number of aromatic nitrogens is 1. The summed E-state index contributed by atoms with van der Waals surface area (Å²) in [6.45, 7) is 0. The van der Waals surface area contributed by atoms with Crippen molar-refractivity contribution in [1.29, 1.82) is 0 Å². The number of fused-ring (bicyclic) bond motifs is 2. The van der Waals surface area contributed by atoms with Crippen molar-refractivity contribution in [3.63, 3.8) is 0 Å². The Morgan fingerprint density at radius 3 is 2.21 bits per heavy atom. The van der Waals surface area contributed by atoms with Crippen molar-refractivity contribution in [2.45, 2.75) is 0 Å². The quantitative estimate of drug-likeness (QED) is 0.420. The second-order valence-corrected chi connectivity index (χ2v) is 6.68. The molecule has 3 aromatic rings. The normalized spacial score (nSPS) is 13.5. The highest BCUT2D eigenvalue weighted by Crippen LogP contribution is 2.46. The minimum atomic E-state index is -0.588. The van der Waals surface area contributed by atoms with Gasteiger partial charge in [-0.05, 0) is 6.07 Å². The monoisotopic (exact) mass is 398 g/mol. The Hall–Kier alpha value is -1.72. The number of aromatic hydroxyl groups is 1. The molecule has 8 heteroatoms. The SMILES string of the molecule is O=C1N=C(c2c(O)[nH]c3ccccc23)c2c(Cl)c(Cl)c(Cl)c(Cl)c21. The van der Waals surface area contributed by atoms with Crippen LogP contribution in [0.25, 0.3) is 10.9 Å². The molecule has 0 bridgehead atoms. The van der Waals surface area contributed by atoms with E-state index in [0.29, 0.717) is 16.5 Å². The molecule has 24 heavy (non-hydrogen) atoms. The number of aromatic amines is 1. The summed E-state index contributed by atoms with van der Waals surface area (Å²) in [6.07, 6.45) is 0. The molecule has 0 spiro atoms. The van der Waals surface area contributed by atoms with Gasteiger partial charge in [-0.2, -0.15) is 0 Å². The number of benzene rings is 2. The van der Waals surface area contributed by atoms with Crippen LogP contribution in [0, 0.1) is 0 Å². The van der Waals surface area contributed by atoms with Gasteiger partial charge in [0, 0.05) is 16.5 Å². The number of hydrogen-bond donors (Lipinski definition) is 2. The summed E-state index contributed by atoms with van der Waals surface area (Å²) in [4.78, 5) is 19.2. The number of aliphatic imine (C=N–C) groups is 1. The summed E-state index contributed by atoms with van der Waals surface area (Å²) >= 11 is 24.6. The average molecular weight is 400 g/mol. The zero-order valence-corrected chi connectivity index (χ0v) is 14.6. The van der Waals surface area contributed by atoms with Gasteiger partial charge in [0.05, 0.1) is 36.9 Å². The van der Waals surface area contributed by atoms with E-state index in [9.17, 15) is 9.90 Å². The van der Waals surface area contributed by atoms with E-state index in [0.717, 1.165) is 0 Å². The van der Waals surface area contributed by atoms with E-state index in [2.05, 4.69) is 9.98 Å². The molecule has 2 aromatic carbocycles. The molecule has 0 fully saturated rings. The van der Waals surface area contributed by atoms with E-state index in [4.69, 9.17) is 46.4 Å². The van der Waals surface area contributed by atoms with Gasteiger partial charge in [-0.15, -0.1) is 0 Å². The number of carbonyl (C=O) groups excluding carboxylic acids is 1. The van der Waals surface area contributed by atoms with Crippen LogP contribution in [0.1, 0.15) is 21.5 Å². The van der Waals surface area contributed by atoms with E-state index < -0.39 is 5.91 Å². The Labute approximate surface area is 155 Å². The molecule has 4 nitrogen and oxygen atoms in total. The van der Waals surface area contributed by atoms with Crippen LogP contribution < -0.4 is 0 Å². The van der Waals surface area contributed by atoms with Crippen LogP contribution in [-0.2, 0) is 0 Å². The standard InChI is InChI=1S/C16H6Cl4N2O2/c17-10-8-9(11(18)13(20)12(10)19)16(24)22-14(8)7-5-3-1-2-4-6(5)21-15(7)23/h1-4,21,23H. The first kappa shape index (κ1) is 15.8. The molecular formula is C16H6Cl4N2O2. The number of hydrogen-bond acceptors (Lipinski definition) is 2. The predicted molar refractivity (Wildman–Crippen MR) is 96.4 cm³/mol. The lowest BCUT2D eigenvalue weighted by molar-refractivity contribution is 0.101. The third-order valence-corrected chi connectivity index (χ3v) is 5.66. The van der Waals surface area contributed by atoms with Gasteiger partial charge in [0.25, 0.3) is 5.91 Å². The molecule has 0 saturated heterocycles. The van der Waals surface area contributed by atoms with Gasteiger partial charge < -0.3 is 10.1 Å². The first-order valence-corrected chi connectivity index (χ1v) is 8.22. The smallest absolute Gasteiger partial charge is 0.279 e. The Bertz CT molecular complexity index is 1090. The molecule has 0 aliphatic carbocycles. The maximum atomic E-state index is 12.3. The van der Waals surface area contributed by atoms with E-state index in [1.165, 1.54) is 0 Å². The van der Waals surface area contributed by atoms with Crippen molar-refractivity contribution in [2.75, 3.05) is 0 Å². The second-order valence-electron chi connectivity index (χ2n) is 5.17. The van der Waals surface area contributed by atoms with Crippen LogP contribution in [0.15, 0.2) is 29.3 Å². The zero-order chi connectivity index (χ0) is 17.2. The van der Waals surface area contributed by atoms with E-state index in [-0.39, 0.29) is 42.8 Å². The third kappa shape index (κ3) is 2.01. The lowest BCUT2D eigenvalue weighted by atomic mass is 9.99.